The van der Waals surface area contributed by atoms with Gasteiger partial charge < -0.3 is 14.6 Å². The second-order valence-electron chi connectivity index (χ2n) is 9.78. The summed E-state index contributed by atoms with van der Waals surface area (Å²) < 4.78 is 13.0. The van der Waals surface area contributed by atoms with E-state index in [0.717, 1.165) is 31.9 Å². The van der Waals surface area contributed by atoms with Gasteiger partial charge in [0.1, 0.15) is 5.75 Å². The molecule has 41 heavy (non-hydrogen) atoms. The zero-order chi connectivity index (χ0) is 28.7. The van der Waals surface area contributed by atoms with E-state index in [0.29, 0.717) is 31.2 Å². The van der Waals surface area contributed by atoms with E-state index in [4.69, 9.17) is 19.6 Å². The lowest BCUT2D eigenvalue weighted by Gasteiger charge is -2.29. The summed E-state index contributed by atoms with van der Waals surface area (Å²) in [5.74, 6) is 0.730. The molecular weight excluding hydrogens is 582 g/mol. The Bertz CT molecular complexity index is 1530. The molecule has 0 fully saturated rings. The van der Waals surface area contributed by atoms with Gasteiger partial charge in [-0.3, -0.25) is 10.2 Å². The summed E-state index contributed by atoms with van der Waals surface area (Å²) in [6, 6.07) is 29.3. The predicted octanol–water partition coefficient (Wildman–Crippen LogP) is 6.02. The van der Waals surface area contributed by atoms with E-state index < -0.39 is 11.6 Å². The molecule has 0 aliphatic carbocycles. The van der Waals surface area contributed by atoms with Crippen molar-refractivity contribution in [2.75, 3.05) is 13.2 Å². The number of carbonyl (C=O) groups excluding carboxylic acids is 1. The van der Waals surface area contributed by atoms with Crippen molar-refractivity contribution in [3.8, 4) is 5.75 Å². The van der Waals surface area contributed by atoms with E-state index in [-0.39, 0.29) is 18.9 Å². The van der Waals surface area contributed by atoms with Gasteiger partial charge in [-0.1, -0.05) is 76.6 Å². The van der Waals surface area contributed by atoms with E-state index in [1.165, 1.54) is 0 Å². The van der Waals surface area contributed by atoms with Crippen LogP contribution in [0, 0.1) is 0 Å². The van der Waals surface area contributed by atoms with E-state index in [9.17, 15) is 4.79 Å². The Kier molecular flexibility index (Phi) is 9.14. The number of fused-ring (bicyclic) bond motifs is 1. The molecule has 0 saturated heterocycles. The fourth-order valence-electron chi connectivity index (χ4n) is 4.95. The molecule has 5 rings (SSSR count). The first-order valence-corrected chi connectivity index (χ1v) is 14.3. The second-order valence-corrected chi connectivity index (χ2v) is 10.7. The molecule has 0 spiro atoms. The zero-order valence-electron chi connectivity index (χ0n) is 22.6. The number of amides is 1. The average molecular weight is 615 g/mol. The first-order chi connectivity index (χ1) is 20.0. The Labute approximate surface area is 248 Å². The van der Waals surface area contributed by atoms with Gasteiger partial charge >= 0.3 is 0 Å². The number of hydrogen-bond donors (Lipinski definition) is 3. The Morgan fingerprint density at radius 3 is 2.56 bits per heavy atom. The van der Waals surface area contributed by atoms with Crippen LogP contribution in [0.4, 0.5) is 0 Å². The van der Waals surface area contributed by atoms with Crippen LogP contribution in [-0.2, 0) is 16.1 Å². The Balaban J connectivity index is 1.42. The number of aliphatic imine (C=N–C) groups is 1. The molecule has 0 bridgehead atoms. The third kappa shape index (κ3) is 6.35. The van der Waals surface area contributed by atoms with Crippen LogP contribution in [-0.4, -0.2) is 35.7 Å². The predicted molar refractivity (Wildman–Crippen MR) is 165 cm³/mol. The summed E-state index contributed by atoms with van der Waals surface area (Å²) in [6.07, 6.45) is 1.84. The number of ether oxygens (including phenoxy) is 2. The second kappa shape index (κ2) is 13.1. The van der Waals surface area contributed by atoms with Gasteiger partial charge in [0.05, 0.1) is 6.61 Å². The third-order valence-corrected chi connectivity index (χ3v) is 7.55. The van der Waals surface area contributed by atoms with Crippen molar-refractivity contribution < 1.29 is 19.4 Å². The first kappa shape index (κ1) is 28.5. The van der Waals surface area contributed by atoms with Gasteiger partial charge in [0, 0.05) is 36.0 Å². The zero-order valence-corrected chi connectivity index (χ0v) is 24.1. The quantitative estimate of drug-likeness (QED) is 0.103. The lowest BCUT2D eigenvalue weighted by atomic mass is 9.84. The van der Waals surface area contributed by atoms with Crippen molar-refractivity contribution >= 4 is 38.5 Å². The van der Waals surface area contributed by atoms with Crippen LogP contribution >= 0.6 is 15.9 Å². The molecule has 2 atom stereocenters. The first-order valence-electron chi connectivity index (χ1n) is 13.5. The van der Waals surface area contributed by atoms with Crippen LogP contribution in [0.3, 0.4) is 0 Å². The Morgan fingerprint density at radius 1 is 1.05 bits per heavy atom. The van der Waals surface area contributed by atoms with Crippen LogP contribution in [0.2, 0.25) is 0 Å². The van der Waals surface area contributed by atoms with Crippen molar-refractivity contribution in [3.63, 3.8) is 0 Å². The van der Waals surface area contributed by atoms with E-state index in [2.05, 4.69) is 51.6 Å². The molecule has 4 aromatic rings. The monoisotopic (exact) mass is 613 g/mol. The highest BCUT2D eigenvalue weighted by atomic mass is 79.9. The molecular formula is C33H32BrN3O4. The van der Waals surface area contributed by atoms with Gasteiger partial charge in [0.15, 0.2) is 11.6 Å². The van der Waals surface area contributed by atoms with Crippen molar-refractivity contribution in [1.82, 2.24) is 10.9 Å². The van der Waals surface area contributed by atoms with Crippen molar-refractivity contribution in [1.29, 1.82) is 0 Å². The number of hydrogen-bond acceptors (Lipinski definition) is 6. The summed E-state index contributed by atoms with van der Waals surface area (Å²) in [6.45, 7) is 4.87. The molecule has 8 heteroatoms. The number of aliphatic hydroxyl groups is 1. The van der Waals surface area contributed by atoms with Crippen molar-refractivity contribution in [2.45, 2.75) is 31.0 Å². The normalized spacial score (nSPS) is 18.0. The standard InChI is InChI=1S/C33H32BrN3O4/c1-2-19-33(32(39)37-35-22-26-9-5-8-23-7-3-4-10-29(23)26)30(24-11-15-27(34)16-12-24)41-31(36-33)25-13-17-28(18-14-25)40-21-6-20-38/h2-5,7-18,30,35,38H,1,6,19-22H2,(H,37,39)/t30-,33-/m0/s1. The van der Waals surface area contributed by atoms with Crippen LogP contribution in [0.1, 0.15) is 35.6 Å². The average Bonchev–Trinajstić information content (AvgIpc) is 3.39. The number of aliphatic hydroxyl groups excluding tert-OH is 1. The lowest BCUT2D eigenvalue weighted by molar-refractivity contribution is -0.129. The van der Waals surface area contributed by atoms with Gasteiger partial charge in [0.2, 0.25) is 5.90 Å². The third-order valence-electron chi connectivity index (χ3n) is 7.02. The maximum atomic E-state index is 14.0. The van der Waals surface area contributed by atoms with Gasteiger partial charge in [-0.25, -0.2) is 10.4 Å². The lowest BCUT2D eigenvalue weighted by Crippen LogP contribution is -2.52. The van der Waals surface area contributed by atoms with Gasteiger partial charge in [-0.2, -0.15) is 0 Å². The molecule has 3 N–H and O–H groups in total. The minimum atomic E-state index is -1.28. The Hall–Kier alpha value is -3.98. The molecule has 0 unspecified atom stereocenters. The number of carbonyl (C=O) groups is 1. The van der Waals surface area contributed by atoms with Crippen LogP contribution in [0.25, 0.3) is 10.8 Å². The molecule has 1 aliphatic rings. The van der Waals surface area contributed by atoms with E-state index >= 15 is 0 Å². The minimum Gasteiger partial charge on any atom is -0.494 e. The van der Waals surface area contributed by atoms with E-state index in [1.54, 1.807) is 6.08 Å². The number of rotatable bonds is 12. The van der Waals surface area contributed by atoms with Gasteiger partial charge in [-0.05, 0) is 58.3 Å². The number of halogens is 1. The number of hydrazine groups is 1. The van der Waals surface area contributed by atoms with E-state index in [1.807, 2.05) is 72.8 Å². The number of benzene rings is 4. The topological polar surface area (TPSA) is 92.2 Å². The van der Waals surface area contributed by atoms with Gasteiger partial charge in [-0.15, -0.1) is 6.58 Å². The summed E-state index contributed by atoms with van der Waals surface area (Å²) in [7, 11) is 0. The summed E-state index contributed by atoms with van der Waals surface area (Å²) in [5.41, 5.74) is 7.36. The highest BCUT2D eigenvalue weighted by Crippen LogP contribution is 2.43. The molecule has 1 amide bonds. The summed E-state index contributed by atoms with van der Waals surface area (Å²) in [4.78, 5) is 18.9. The van der Waals surface area contributed by atoms with Crippen molar-refractivity contribution in [2.24, 2.45) is 4.99 Å². The highest BCUT2D eigenvalue weighted by molar-refractivity contribution is 9.10. The fourth-order valence-corrected chi connectivity index (χ4v) is 5.21. The maximum Gasteiger partial charge on any atom is 0.266 e. The number of nitrogens with zero attached hydrogens (tertiary/aromatic N) is 1. The molecule has 1 aliphatic heterocycles. The van der Waals surface area contributed by atoms with Crippen LogP contribution in [0.15, 0.2) is 113 Å². The summed E-state index contributed by atoms with van der Waals surface area (Å²) in [5, 5.41) is 11.3. The summed E-state index contributed by atoms with van der Waals surface area (Å²) >= 11 is 3.49. The largest absolute Gasteiger partial charge is 0.494 e. The number of nitrogens with one attached hydrogen (secondary N) is 2. The smallest absolute Gasteiger partial charge is 0.266 e. The minimum absolute atomic E-state index is 0.0738. The molecule has 0 aromatic heterocycles. The van der Waals surface area contributed by atoms with Crippen LogP contribution in [0.5, 0.6) is 5.75 Å². The molecule has 4 aromatic carbocycles. The maximum absolute atomic E-state index is 14.0. The van der Waals surface area contributed by atoms with Gasteiger partial charge in [0.25, 0.3) is 5.91 Å². The molecule has 7 nitrogen and oxygen atoms in total. The van der Waals surface area contributed by atoms with Crippen LogP contribution < -0.4 is 15.6 Å². The molecule has 0 radical (unpaired) electrons. The SMILES string of the molecule is C=CC[C@]1(C(=O)NNCc2cccc3ccccc23)N=C(c2ccc(OCCCO)cc2)O[C@H]1c1ccc(Br)cc1. The molecule has 210 valence electrons. The highest BCUT2D eigenvalue weighted by Gasteiger charge is 2.52. The Morgan fingerprint density at radius 2 is 1.80 bits per heavy atom. The van der Waals surface area contributed by atoms with Crippen molar-refractivity contribution in [3.05, 3.63) is 125 Å². The molecule has 1 heterocycles. The molecule has 0 saturated carbocycles. The fraction of sp³-hybridized carbons (Fsp3) is 0.212.